The first-order valence-corrected chi connectivity index (χ1v) is 10.5. The number of amides is 1. The quantitative estimate of drug-likeness (QED) is 0.769. The van der Waals surface area contributed by atoms with E-state index in [1.165, 1.54) is 6.42 Å². The third kappa shape index (κ3) is 4.22. The Kier molecular flexibility index (Phi) is 5.67. The summed E-state index contributed by atoms with van der Waals surface area (Å²) in [5, 5.41) is 7.40. The molecule has 0 spiro atoms. The first-order chi connectivity index (χ1) is 13.6. The number of nitrogens with zero attached hydrogens (tertiary/aromatic N) is 1. The molecule has 5 nitrogen and oxygen atoms in total. The van der Waals surface area contributed by atoms with Crippen LogP contribution in [0.2, 0.25) is 0 Å². The fourth-order valence-corrected chi connectivity index (χ4v) is 4.84. The van der Waals surface area contributed by atoms with Crippen LogP contribution < -0.4 is 10.6 Å². The summed E-state index contributed by atoms with van der Waals surface area (Å²) in [7, 11) is 0. The molecular weight excluding hydrogens is 370 g/mol. The van der Waals surface area contributed by atoms with E-state index in [-0.39, 0.29) is 11.9 Å². The van der Waals surface area contributed by atoms with Crippen molar-refractivity contribution in [2.75, 3.05) is 0 Å². The van der Waals surface area contributed by atoms with Crippen molar-refractivity contribution in [3.05, 3.63) is 59.5 Å². The molecule has 2 saturated heterocycles. The number of nitrogens with one attached hydrogen (secondary N) is 2. The number of piperidine rings is 2. The van der Waals surface area contributed by atoms with Gasteiger partial charge in [0.25, 0.3) is 5.91 Å². The van der Waals surface area contributed by atoms with Crippen molar-refractivity contribution in [2.45, 2.75) is 63.7 Å². The molecule has 2 N–H and O–H groups in total. The minimum atomic E-state index is 0.0232. The molecule has 2 atom stereocenters. The van der Waals surface area contributed by atoms with E-state index in [2.05, 4.69) is 15.5 Å². The minimum Gasteiger partial charge on any atom is -0.467 e. The van der Waals surface area contributed by atoms with Gasteiger partial charge in [-0.05, 0) is 75.5 Å². The molecule has 0 aliphatic carbocycles. The number of thiocarbonyl (C=S) groups is 1. The molecule has 148 valence electrons. The van der Waals surface area contributed by atoms with Crippen LogP contribution in [0.4, 0.5) is 0 Å². The molecule has 1 aromatic carbocycles. The van der Waals surface area contributed by atoms with Crippen molar-refractivity contribution < 1.29 is 9.21 Å². The number of carbonyl (C=O) groups is 1. The lowest BCUT2D eigenvalue weighted by molar-refractivity contribution is 0.0739. The Morgan fingerprint density at radius 2 is 1.89 bits per heavy atom. The third-order valence-corrected chi connectivity index (χ3v) is 6.21. The number of hydrogen-bond donors (Lipinski definition) is 2. The minimum absolute atomic E-state index is 0.0232. The second kappa shape index (κ2) is 8.35. The Balaban J connectivity index is 1.36. The van der Waals surface area contributed by atoms with Gasteiger partial charge in [0.05, 0.1) is 12.8 Å². The zero-order chi connectivity index (χ0) is 19.5. The van der Waals surface area contributed by atoms with Gasteiger partial charge in [0, 0.05) is 23.7 Å². The summed E-state index contributed by atoms with van der Waals surface area (Å²) < 4.78 is 5.39. The van der Waals surface area contributed by atoms with Crippen LogP contribution in [0, 0.1) is 6.92 Å². The van der Waals surface area contributed by atoms with Gasteiger partial charge in [-0.2, -0.15) is 0 Å². The largest absolute Gasteiger partial charge is 0.467 e. The molecule has 28 heavy (non-hydrogen) atoms. The van der Waals surface area contributed by atoms with Crippen LogP contribution in [0.25, 0.3) is 0 Å². The van der Waals surface area contributed by atoms with Crippen molar-refractivity contribution in [3.8, 4) is 0 Å². The van der Waals surface area contributed by atoms with E-state index in [1.807, 2.05) is 43.3 Å². The molecule has 0 saturated carbocycles. The summed E-state index contributed by atoms with van der Waals surface area (Å²) in [5.41, 5.74) is 1.89. The molecule has 0 unspecified atom stereocenters. The maximum Gasteiger partial charge on any atom is 0.251 e. The normalized spacial score (nSPS) is 23.9. The highest BCUT2D eigenvalue weighted by molar-refractivity contribution is 7.80. The van der Waals surface area contributed by atoms with Gasteiger partial charge >= 0.3 is 0 Å². The zero-order valence-corrected chi connectivity index (χ0v) is 17.0. The van der Waals surface area contributed by atoms with E-state index in [4.69, 9.17) is 16.6 Å². The first kappa shape index (κ1) is 19.0. The number of rotatable bonds is 4. The van der Waals surface area contributed by atoms with E-state index in [9.17, 15) is 4.79 Å². The number of aryl methyl sites for hydroxylation is 1. The number of hydrogen-bond acceptors (Lipinski definition) is 3. The average molecular weight is 398 g/mol. The first-order valence-electron chi connectivity index (χ1n) is 10.1. The van der Waals surface area contributed by atoms with Crippen LogP contribution in [0.5, 0.6) is 0 Å². The topological polar surface area (TPSA) is 57.5 Å². The van der Waals surface area contributed by atoms with Crippen LogP contribution >= 0.6 is 12.2 Å². The smallest absolute Gasteiger partial charge is 0.251 e. The standard InChI is InChI=1S/C22H27N3O2S/c1-15-7-9-16(10-8-15)21(26)24-17-12-18-4-2-5-19(13-17)25(18)22(28)23-14-20-6-3-11-27-20/h3,6-11,17-19H,2,4-5,12-14H2,1H3,(H,23,28)(H,24,26)/t18-,19-/m0/s1. The van der Waals surface area contributed by atoms with Gasteiger partial charge in [-0.15, -0.1) is 0 Å². The summed E-state index contributed by atoms with van der Waals surface area (Å²) in [6.07, 6.45) is 7.03. The molecule has 0 radical (unpaired) electrons. The van der Waals surface area contributed by atoms with Gasteiger partial charge in [-0.3, -0.25) is 4.79 Å². The predicted molar refractivity (Wildman–Crippen MR) is 113 cm³/mol. The van der Waals surface area contributed by atoms with E-state index in [1.54, 1.807) is 6.26 Å². The average Bonchev–Trinajstić information content (AvgIpc) is 3.19. The number of fused-ring (bicyclic) bond motifs is 2. The van der Waals surface area contributed by atoms with Crippen molar-refractivity contribution in [1.82, 2.24) is 15.5 Å². The number of furan rings is 1. The highest BCUT2D eigenvalue weighted by Crippen LogP contribution is 2.34. The van der Waals surface area contributed by atoms with E-state index in [0.29, 0.717) is 18.6 Å². The van der Waals surface area contributed by atoms with Crippen LogP contribution in [0.3, 0.4) is 0 Å². The molecule has 3 heterocycles. The molecule has 2 bridgehead atoms. The molecule has 6 heteroatoms. The molecule has 1 aromatic heterocycles. The highest BCUT2D eigenvalue weighted by Gasteiger charge is 2.39. The lowest BCUT2D eigenvalue weighted by Crippen LogP contribution is -2.60. The summed E-state index contributed by atoms with van der Waals surface area (Å²) in [4.78, 5) is 15.0. The Morgan fingerprint density at radius 1 is 1.18 bits per heavy atom. The van der Waals surface area contributed by atoms with Crippen molar-refractivity contribution in [2.24, 2.45) is 0 Å². The second-order valence-electron chi connectivity index (χ2n) is 7.89. The van der Waals surface area contributed by atoms with Crippen molar-refractivity contribution in [1.29, 1.82) is 0 Å². The van der Waals surface area contributed by atoms with Gasteiger partial charge < -0.3 is 20.0 Å². The van der Waals surface area contributed by atoms with Crippen molar-refractivity contribution in [3.63, 3.8) is 0 Å². The number of carbonyl (C=O) groups excluding carboxylic acids is 1. The molecule has 2 aliphatic rings. The molecule has 1 amide bonds. The van der Waals surface area contributed by atoms with Crippen LogP contribution in [0.1, 0.15) is 53.8 Å². The molecular formula is C22H27N3O2S. The Bertz CT molecular complexity index is 805. The lowest BCUT2D eigenvalue weighted by Gasteiger charge is -2.50. The fourth-order valence-electron chi connectivity index (χ4n) is 4.47. The number of benzene rings is 1. The molecule has 2 fully saturated rings. The second-order valence-corrected chi connectivity index (χ2v) is 8.28. The van der Waals surface area contributed by atoms with Crippen LogP contribution in [-0.4, -0.2) is 34.0 Å². The van der Waals surface area contributed by atoms with E-state index >= 15 is 0 Å². The highest BCUT2D eigenvalue weighted by atomic mass is 32.1. The Morgan fingerprint density at radius 3 is 2.54 bits per heavy atom. The fraction of sp³-hybridized carbons (Fsp3) is 0.455. The Labute approximate surface area is 171 Å². The Hall–Kier alpha value is -2.34. The molecule has 4 rings (SSSR count). The monoisotopic (exact) mass is 397 g/mol. The lowest BCUT2D eigenvalue weighted by atomic mass is 9.82. The van der Waals surface area contributed by atoms with Gasteiger partial charge in [0.1, 0.15) is 5.76 Å². The van der Waals surface area contributed by atoms with Gasteiger partial charge in [-0.25, -0.2) is 0 Å². The maximum absolute atomic E-state index is 12.6. The zero-order valence-electron chi connectivity index (χ0n) is 16.2. The maximum atomic E-state index is 12.6. The SMILES string of the molecule is Cc1ccc(C(=O)NC2C[C@@H]3CCC[C@@H](C2)N3C(=S)NCc2ccco2)cc1. The van der Waals surface area contributed by atoms with Gasteiger partial charge in [0.2, 0.25) is 0 Å². The summed E-state index contributed by atoms with van der Waals surface area (Å²) >= 11 is 5.70. The molecule has 2 aromatic rings. The molecule has 2 aliphatic heterocycles. The van der Waals surface area contributed by atoms with E-state index < -0.39 is 0 Å². The third-order valence-electron chi connectivity index (χ3n) is 5.85. The van der Waals surface area contributed by atoms with Crippen molar-refractivity contribution >= 4 is 23.2 Å². The van der Waals surface area contributed by atoms with E-state index in [0.717, 1.165) is 47.7 Å². The predicted octanol–water partition coefficient (Wildman–Crippen LogP) is 3.78. The summed E-state index contributed by atoms with van der Waals surface area (Å²) in [6, 6.07) is 12.6. The summed E-state index contributed by atoms with van der Waals surface area (Å²) in [5.74, 6) is 0.905. The summed E-state index contributed by atoms with van der Waals surface area (Å²) in [6.45, 7) is 2.64. The van der Waals surface area contributed by atoms with Crippen LogP contribution in [-0.2, 0) is 6.54 Å². The van der Waals surface area contributed by atoms with Gasteiger partial charge in [0.15, 0.2) is 5.11 Å². The van der Waals surface area contributed by atoms with Crippen LogP contribution in [0.15, 0.2) is 47.1 Å². The van der Waals surface area contributed by atoms with Gasteiger partial charge in [-0.1, -0.05) is 17.7 Å².